The lowest BCUT2D eigenvalue weighted by Gasteiger charge is -2.23. The maximum Gasteiger partial charge on any atom is 0.246 e. The highest BCUT2D eigenvalue weighted by Gasteiger charge is 2.44. The molecule has 5 aromatic rings. The summed E-state index contributed by atoms with van der Waals surface area (Å²) < 4.78 is 22.9. The minimum atomic E-state index is -0.493. The van der Waals surface area contributed by atoms with Crippen LogP contribution in [0.4, 0.5) is 15.9 Å². The van der Waals surface area contributed by atoms with Crippen LogP contribution in [0.15, 0.2) is 67.9 Å². The molecule has 5 heterocycles. The zero-order valence-electron chi connectivity index (χ0n) is 22.4. The summed E-state index contributed by atoms with van der Waals surface area (Å²) in [6, 6.07) is 10.6. The lowest BCUT2D eigenvalue weighted by Crippen LogP contribution is -2.34. The molecule has 1 aliphatic heterocycles. The van der Waals surface area contributed by atoms with Crippen LogP contribution in [0, 0.1) is 18.7 Å². The predicted molar refractivity (Wildman–Crippen MR) is 151 cm³/mol. The lowest BCUT2D eigenvalue weighted by molar-refractivity contribution is -0.126. The Hall–Kier alpha value is -4.93. The van der Waals surface area contributed by atoms with E-state index in [9.17, 15) is 4.79 Å². The highest BCUT2D eigenvalue weighted by atomic mass is 19.1. The second-order valence-electron chi connectivity index (χ2n) is 10.6. The van der Waals surface area contributed by atoms with Crippen LogP contribution in [0.1, 0.15) is 36.4 Å². The quantitative estimate of drug-likeness (QED) is 0.283. The zero-order chi connectivity index (χ0) is 28.1. The molecule has 3 atom stereocenters. The average Bonchev–Trinajstić information content (AvgIpc) is 3.71. The summed E-state index contributed by atoms with van der Waals surface area (Å²) in [6.45, 7) is 6.29. The molecule has 1 saturated carbocycles. The minimum absolute atomic E-state index is 0.00497. The van der Waals surface area contributed by atoms with Crippen molar-refractivity contribution < 1.29 is 13.9 Å². The molecule has 10 nitrogen and oxygen atoms in total. The standard InChI is InChI=1S/C30H27FN8O2/c1-3-28(40)38-8-6-18-11-19(12-25(18)38)22-4-5-23-29(36-22)30(34-15-32-23)37-24-10-17(2)26(14-21(24)31)41-20-7-9-39-27(13-20)33-16-35-39/h3-5,7,9-10,13-16,18-19,25H,1,6,8,11-12H2,2H3,(H,32,34,37)/t18-,19-,25+/m1/s1. The van der Waals surface area contributed by atoms with E-state index in [1.54, 1.807) is 28.9 Å². The topological polar surface area (TPSA) is 110 Å². The summed E-state index contributed by atoms with van der Waals surface area (Å²) in [5.74, 6) is 1.52. The summed E-state index contributed by atoms with van der Waals surface area (Å²) in [6.07, 6.45) is 8.85. The molecule has 2 aliphatic rings. The van der Waals surface area contributed by atoms with E-state index in [-0.39, 0.29) is 23.6 Å². The van der Waals surface area contributed by atoms with Gasteiger partial charge in [0.25, 0.3) is 0 Å². The Morgan fingerprint density at radius 1 is 1.15 bits per heavy atom. The molecule has 1 amide bonds. The Kier molecular flexibility index (Phi) is 6.06. The van der Waals surface area contributed by atoms with Gasteiger partial charge in [-0.25, -0.2) is 28.8 Å². The molecule has 2 fully saturated rings. The molecule has 0 unspecified atom stereocenters. The van der Waals surface area contributed by atoms with Gasteiger partial charge >= 0.3 is 0 Å². The smallest absolute Gasteiger partial charge is 0.246 e. The maximum absolute atomic E-state index is 15.3. The first kappa shape index (κ1) is 25.1. The number of rotatable bonds is 6. The Bertz CT molecular complexity index is 1820. The van der Waals surface area contributed by atoms with Crippen LogP contribution in [0.25, 0.3) is 16.7 Å². The first-order valence-corrected chi connectivity index (χ1v) is 13.6. The Labute approximate surface area is 234 Å². The van der Waals surface area contributed by atoms with Gasteiger partial charge in [-0.3, -0.25) is 4.79 Å². The van der Waals surface area contributed by atoms with Crippen LogP contribution >= 0.6 is 0 Å². The van der Waals surface area contributed by atoms with Gasteiger partial charge in [-0.15, -0.1) is 0 Å². The van der Waals surface area contributed by atoms with Gasteiger partial charge in [0.05, 0.1) is 11.2 Å². The van der Waals surface area contributed by atoms with E-state index in [0.717, 1.165) is 37.1 Å². The third-order valence-corrected chi connectivity index (χ3v) is 8.18. The van der Waals surface area contributed by atoms with E-state index in [0.29, 0.717) is 39.9 Å². The summed E-state index contributed by atoms with van der Waals surface area (Å²) in [7, 11) is 0. The number of nitrogens with one attached hydrogen (secondary N) is 1. The molecule has 1 N–H and O–H groups in total. The Morgan fingerprint density at radius 3 is 2.93 bits per heavy atom. The highest BCUT2D eigenvalue weighted by molar-refractivity contribution is 5.88. The van der Waals surface area contributed by atoms with Crippen LogP contribution < -0.4 is 10.1 Å². The van der Waals surface area contributed by atoms with E-state index < -0.39 is 5.82 Å². The van der Waals surface area contributed by atoms with Crippen molar-refractivity contribution >= 4 is 34.1 Å². The number of carbonyl (C=O) groups excluding carboxylic acids is 1. The number of aryl methyl sites for hydroxylation is 1. The fourth-order valence-electron chi connectivity index (χ4n) is 6.16. The molecular formula is C30H27FN8O2. The van der Waals surface area contributed by atoms with E-state index >= 15 is 4.39 Å². The number of hydrogen-bond donors (Lipinski definition) is 1. The summed E-state index contributed by atoms with van der Waals surface area (Å²) >= 11 is 0. The van der Waals surface area contributed by atoms with Crippen molar-refractivity contribution in [1.29, 1.82) is 0 Å². The van der Waals surface area contributed by atoms with E-state index in [1.165, 1.54) is 24.8 Å². The molecule has 7 rings (SSSR count). The van der Waals surface area contributed by atoms with Crippen LogP contribution in [0.2, 0.25) is 0 Å². The zero-order valence-corrected chi connectivity index (χ0v) is 22.4. The van der Waals surface area contributed by atoms with Gasteiger partial charge in [-0.2, -0.15) is 5.10 Å². The van der Waals surface area contributed by atoms with Crippen LogP contribution in [-0.2, 0) is 4.79 Å². The van der Waals surface area contributed by atoms with Crippen molar-refractivity contribution in [3.63, 3.8) is 0 Å². The van der Waals surface area contributed by atoms with E-state index in [4.69, 9.17) is 9.72 Å². The number of carbonyl (C=O) groups is 1. The van der Waals surface area contributed by atoms with Crippen LogP contribution in [0.3, 0.4) is 0 Å². The number of benzene rings is 1. The van der Waals surface area contributed by atoms with Crippen molar-refractivity contribution in [2.45, 2.75) is 38.1 Å². The summed E-state index contributed by atoms with van der Waals surface area (Å²) in [5.41, 5.74) is 3.78. The molecule has 0 radical (unpaired) electrons. The van der Waals surface area contributed by atoms with Crippen LogP contribution in [0.5, 0.6) is 11.5 Å². The molecular weight excluding hydrogens is 523 g/mol. The predicted octanol–water partition coefficient (Wildman–Crippen LogP) is 5.33. The van der Waals surface area contributed by atoms with Crippen molar-refractivity contribution in [3.8, 4) is 11.5 Å². The fourth-order valence-corrected chi connectivity index (χ4v) is 6.16. The summed E-state index contributed by atoms with van der Waals surface area (Å²) in [4.78, 5) is 32.1. The van der Waals surface area contributed by atoms with Gasteiger partial charge in [0.1, 0.15) is 35.5 Å². The average molecular weight is 551 g/mol. The van der Waals surface area contributed by atoms with Crippen molar-refractivity contribution in [2.75, 3.05) is 11.9 Å². The molecule has 0 bridgehead atoms. The van der Waals surface area contributed by atoms with Gasteiger partial charge in [0.15, 0.2) is 11.5 Å². The third kappa shape index (κ3) is 4.52. The van der Waals surface area contributed by atoms with E-state index in [1.807, 2.05) is 24.0 Å². The van der Waals surface area contributed by atoms with E-state index in [2.05, 4.69) is 31.9 Å². The first-order valence-electron chi connectivity index (χ1n) is 13.6. The number of aromatic nitrogens is 6. The molecule has 41 heavy (non-hydrogen) atoms. The molecule has 11 heteroatoms. The maximum atomic E-state index is 15.3. The lowest BCUT2D eigenvalue weighted by atomic mass is 9.99. The number of anilines is 2. The number of ether oxygens (including phenoxy) is 1. The molecule has 1 aromatic carbocycles. The fraction of sp³-hybridized carbons (Fsp3) is 0.267. The van der Waals surface area contributed by atoms with Gasteiger partial charge in [0, 0.05) is 42.5 Å². The van der Waals surface area contributed by atoms with Gasteiger partial charge in [0.2, 0.25) is 5.91 Å². The monoisotopic (exact) mass is 550 g/mol. The molecule has 1 aliphatic carbocycles. The first-order chi connectivity index (χ1) is 20.0. The minimum Gasteiger partial charge on any atom is -0.457 e. The third-order valence-electron chi connectivity index (χ3n) is 8.18. The number of amides is 1. The Morgan fingerprint density at radius 2 is 2.05 bits per heavy atom. The Balaban J connectivity index is 1.14. The van der Waals surface area contributed by atoms with Gasteiger partial charge in [-0.1, -0.05) is 6.58 Å². The number of halogens is 1. The van der Waals surface area contributed by atoms with Crippen molar-refractivity contribution in [2.24, 2.45) is 5.92 Å². The molecule has 4 aromatic heterocycles. The normalized spacial score (nSPS) is 20.0. The highest BCUT2D eigenvalue weighted by Crippen LogP contribution is 2.46. The van der Waals surface area contributed by atoms with Gasteiger partial charge < -0.3 is 15.0 Å². The second-order valence-corrected chi connectivity index (χ2v) is 10.6. The second kappa shape index (κ2) is 9.92. The van der Waals surface area contributed by atoms with Gasteiger partial charge in [-0.05, 0) is 68.0 Å². The number of nitrogens with zero attached hydrogens (tertiary/aromatic N) is 7. The van der Waals surface area contributed by atoms with Crippen LogP contribution in [-0.4, -0.2) is 52.9 Å². The largest absolute Gasteiger partial charge is 0.457 e. The van der Waals surface area contributed by atoms with Crippen molar-refractivity contribution in [3.05, 3.63) is 85.0 Å². The summed E-state index contributed by atoms with van der Waals surface area (Å²) in [5, 5.41) is 7.20. The SMILES string of the molecule is C=CC(=O)N1CC[C@@H]2C[C@@H](c3ccc4ncnc(Nc5cc(C)c(Oc6ccn7ncnc7c6)cc5F)c4n3)C[C@@H]21. The molecule has 206 valence electrons. The molecule has 1 saturated heterocycles. The van der Waals surface area contributed by atoms with Crippen molar-refractivity contribution in [1.82, 2.24) is 34.4 Å². The number of fused-ring (bicyclic) bond motifs is 3. The number of likely N-dealkylation sites (tertiary alicyclic amines) is 1. The number of hydrogen-bond acceptors (Lipinski definition) is 8. The number of pyridine rings is 2. The molecule has 0 spiro atoms.